The Morgan fingerprint density at radius 2 is 2.21 bits per heavy atom. The Bertz CT molecular complexity index is 665. The van der Waals surface area contributed by atoms with Crippen LogP contribution in [0.25, 0.3) is 10.9 Å². The van der Waals surface area contributed by atoms with E-state index in [1.807, 2.05) is 24.1 Å². The lowest BCUT2D eigenvalue weighted by molar-refractivity contribution is 0.687. The molecule has 0 bridgehead atoms. The van der Waals surface area contributed by atoms with E-state index in [0.29, 0.717) is 0 Å². The molecule has 3 rings (SSSR count). The first-order valence-electron chi connectivity index (χ1n) is 6.56. The molecule has 3 aromatic rings. The van der Waals surface area contributed by atoms with Gasteiger partial charge in [0, 0.05) is 42.5 Å². The van der Waals surface area contributed by atoms with E-state index in [1.165, 1.54) is 22.0 Å². The number of rotatable bonds is 5. The highest BCUT2D eigenvalue weighted by molar-refractivity contribution is 5.83. The molecule has 0 atom stereocenters. The van der Waals surface area contributed by atoms with Crippen LogP contribution < -0.4 is 5.32 Å². The smallest absolute Gasteiger partial charge is 0.0534 e. The quantitative estimate of drug-likeness (QED) is 0.686. The molecule has 0 saturated heterocycles. The summed E-state index contributed by atoms with van der Waals surface area (Å²) in [5.41, 5.74) is 3.81. The topological polar surface area (TPSA) is 45.6 Å². The Kier molecular flexibility index (Phi) is 3.33. The van der Waals surface area contributed by atoms with Crippen LogP contribution in [0.3, 0.4) is 0 Å². The van der Waals surface area contributed by atoms with Gasteiger partial charge in [-0.3, -0.25) is 4.68 Å². The van der Waals surface area contributed by atoms with Gasteiger partial charge in [0.1, 0.15) is 0 Å². The summed E-state index contributed by atoms with van der Waals surface area (Å²) in [4.78, 5) is 3.31. The molecule has 0 amide bonds. The van der Waals surface area contributed by atoms with E-state index in [0.717, 1.165) is 19.5 Å². The summed E-state index contributed by atoms with van der Waals surface area (Å²) in [5.74, 6) is 0. The average Bonchev–Trinajstić information content (AvgIpc) is 3.02. The summed E-state index contributed by atoms with van der Waals surface area (Å²) in [5, 5.41) is 8.93. The monoisotopic (exact) mass is 254 g/mol. The lowest BCUT2D eigenvalue weighted by atomic mass is 10.1. The summed E-state index contributed by atoms with van der Waals surface area (Å²) >= 11 is 0. The van der Waals surface area contributed by atoms with Crippen LogP contribution in [0.4, 0.5) is 0 Å². The van der Waals surface area contributed by atoms with Crippen molar-refractivity contribution in [2.45, 2.75) is 13.0 Å². The fraction of sp³-hybridized carbons (Fsp3) is 0.267. The lowest BCUT2D eigenvalue weighted by Gasteiger charge is -2.02. The van der Waals surface area contributed by atoms with E-state index in [9.17, 15) is 0 Å². The number of benzene rings is 1. The van der Waals surface area contributed by atoms with E-state index >= 15 is 0 Å². The van der Waals surface area contributed by atoms with Crippen LogP contribution in [-0.2, 0) is 20.0 Å². The Balaban J connectivity index is 1.55. The molecule has 0 aliphatic rings. The Hall–Kier alpha value is -2.07. The second-order valence-corrected chi connectivity index (χ2v) is 4.81. The van der Waals surface area contributed by atoms with Crippen molar-refractivity contribution in [3.8, 4) is 0 Å². The van der Waals surface area contributed by atoms with E-state index in [4.69, 9.17) is 0 Å². The van der Waals surface area contributed by atoms with Crippen molar-refractivity contribution < 1.29 is 0 Å². The van der Waals surface area contributed by atoms with Crippen molar-refractivity contribution in [1.29, 1.82) is 0 Å². The fourth-order valence-corrected chi connectivity index (χ4v) is 2.36. The second kappa shape index (κ2) is 5.28. The third-order valence-electron chi connectivity index (χ3n) is 3.33. The van der Waals surface area contributed by atoms with E-state index in [2.05, 4.69) is 45.9 Å². The Morgan fingerprint density at radius 3 is 3.05 bits per heavy atom. The molecule has 19 heavy (non-hydrogen) atoms. The summed E-state index contributed by atoms with van der Waals surface area (Å²) in [6.45, 7) is 1.84. The van der Waals surface area contributed by atoms with Crippen molar-refractivity contribution in [2.75, 3.05) is 6.54 Å². The van der Waals surface area contributed by atoms with Crippen LogP contribution in [0.5, 0.6) is 0 Å². The lowest BCUT2D eigenvalue weighted by Crippen LogP contribution is -2.16. The minimum atomic E-state index is 0.871. The zero-order valence-electron chi connectivity index (χ0n) is 11.1. The highest BCUT2D eigenvalue weighted by Crippen LogP contribution is 2.17. The molecule has 2 heterocycles. The third-order valence-corrected chi connectivity index (χ3v) is 3.33. The van der Waals surface area contributed by atoms with Gasteiger partial charge in [0.15, 0.2) is 0 Å². The van der Waals surface area contributed by atoms with Gasteiger partial charge in [-0.05, 0) is 24.6 Å². The van der Waals surface area contributed by atoms with Gasteiger partial charge in [0.05, 0.1) is 6.20 Å². The molecule has 0 spiro atoms. The van der Waals surface area contributed by atoms with E-state index in [1.54, 1.807) is 0 Å². The number of nitrogens with zero attached hydrogens (tertiary/aromatic N) is 2. The molecule has 0 saturated carbocycles. The standard InChI is InChI=1S/C15H18N4/c1-19-11-12(9-18-19)8-16-7-6-13-10-17-15-5-3-2-4-14(13)15/h2-5,9-11,16-17H,6-8H2,1H3. The number of aryl methyl sites for hydroxylation is 1. The number of para-hydroxylation sites is 1. The molecule has 98 valence electrons. The predicted molar refractivity (Wildman–Crippen MR) is 76.9 cm³/mol. The maximum absolute atomic E-state index is 4.16. The minimum absolute atomic E-state index is 0.871. The summed E-state index contributed by atoms with van der Waals surface area (Å²) < 4.78 is 1.83. The molecule has 2 aromatic heterocycles. The summed E-state index contributed by atoms with van der Waals surface area (Å²) in [7, 11) is 1.94. The van der Waals surface area contributed by atoms with Crippen molar-refractivity contribution in [3.63, 3.8) is 0 Å². The van der Waals surface area contributed by atoms with Crippen LogP contribution >= 0.6 is 0 Å². The predicted octanol–water partition coefficient (Wildman–Crippen LogP) is 2.23. The molecule has 0 aliphatic heterocycles. The van der Waals surface area contributed by atoms with Gasteiger partial charge in [-0.15, -0.1) is 0 Å². The third kappa shape index (κ3) is 2.69. The first kappa shape index (κ1) is 12.0. The molecule has 0 radical (unpaired) electrons. The van der Waals surface area contributed by atoms with E-state index in [-0.39, 0.29) is 0 Å². The maximum Gasteiger partial charge on any atom is 0.0534 e. The zero-order chi connectivity index (χ0) is 13.1. The number of fused-ring (bicyclic) bond motifs is 1. The number of aromatic amines is 1. The van der Waals surface area contributed by atoms with Crippen LogP contribution in [0.2, 0.25) is 0 Å². The number of nitrogens with one attached hydrogen (secondary N) is 2. The molecule has 0 fully saturated rings. The molecule has 4 nitrogen and oxygen atoms in total. The van der Waals surface area contributed by atoms with Crippen molar-refractivity contribution in [3.05, 3.63) is 54.0 Å². The largest absolute Gasteiger partial charge is 0.361 e. The first-order valence-corrected chi connectivity index (χ1v) is 6.56. The van der Waals surface area contributed by atoms with Crippen molar-refractivity contribution in [1.82, 2.24) is 20.1 Å². The van der Waals surface area contributed by atoms with Crippen molar-refractivity contribution in [2.24, 2.45) is 7.05 Å². The molecule has 4 heteroatoms. The molecule has 0 unspecified atom stereocenters. The molecular weight excluding hydrogens is 236 g/mol. The Labute approximate surface area is 112 Å². The Morgan fingerprint density at radius 1 is 1.32 bits per heavy atom. The van der Waals surface area contributed by atoms with Gasteiger partial charge >= 0.3 is 0 Å². The van der Waals surface area contributed by atoms with Crippen molar-refractivity contribution >= 4 is 10.9 Å². The van der Waals surface area contributed by atoms with Gasteiger partial charge in [0.25, 0.3) is 0 Å². The number of H-pyrrole nitrogens is 1. The zero-order valence-corrected chi connectivity index (χ0v) is 11.1. The molecular formula is C15H18N4. The van der Waals surface area contributed by atoms with Gasteiger partial charge in [-0.1, -0.05) is 18.2 Å². The highest BCUT2D eigenvalue weighted by Gasteiger charge is 2.02. The molecule has 0 aliphatic carbocycles. The van der Waals surface area contributed by atoms with Gasteiger partial charge in [0.2, 0.25) is 0 Å². The van der Waals surface area contributed by atoms with Crippen LogP contribution in [0.1, 0.15) is 11.1 Å². The average molecular weight is 254 g/mol. The van der Waals surface area contributed by atoms with Crippen LogP contribution in [-0.4, -0.2) is 21.3 Å². The van der Waals surface area contributed by atoms with Gasteiger partial charge < -0.3 is 10.3 Å². The fourth-order valence-electron chi connectivity index (χ4n) is 2.36. The number of aromatic nitrogens is 3. The number of hydrogen-bond acceptors (Lipinski definition) is 2. The molecule has 2 N–H and O–H groups in total. The maximum atomic E-state index is 4.16. The molecule has 1 aromatic carbocycles. The second-order valence-electron chi connectivity index (χ2n) is 4.81. The number of hydrogen-bond donors (Lipinski definition) is 2. The summed E-state index contributed by atoms with van der Waals surface area (Å²) in [6, 6.07) is 8.43. The normalized spacial score (nSPS) is 11.2. The van der Waals surface area contributed by atoms with E-state index < -0.39 is 0 Å². The van der Waals surface area contributed by atoms with Crippen LogP contribution in [0.15, 0.2) is 42.9 Å². The van der Waals surface area contributed by atoms with Gasteiger partial charge in [-0.2, -0.15) is 5.10 Å². The van der Waals surface area contributed by atoms with Crippen LogP contribution in [0, 0.1) is 0 Å². The minimum Gasteiger partial charge on any atom is -0.361 e. The van der Waals surface area contributed by atoms with Gasteiger partial charge in [-0.25, -0.2) is 0 Å². The summed E-state index contributed by atoms with van der Waals surface area (Å²) in [6.07, 6.45) is 7.08. The first-order chi connectivity index (χ1) is 9.33. The highest BCUT2D eigenvalue weighted by atomic mass is 15.2. The SMILES string of the molecule is Cn1cc(CNCCc2c[nH]c3ccccc23)cn1.